The highest BCUT2D eigenvalue weighted by Crippen LogP contribution is 2.42. The van der Waals surface area contributed by atoms with Crippen LogP contribution in [-0.4, -0.2) is 14.1 Å². The smallest absolute Gasteiger partial charge is 0.0463 e. The predicted octanol–water partition coefficient (Wildman–Crippen LogP) is 6.47. The van der Waals surface area contributed by atoms with Gasteiger partial charge in [-0.15, -0.1) is 0 Å². The monoisotopic (exact) mass is 509 g/mol. The summed E-state index contributed by atoms with van der Waals surface area (Å²) in [5.74, 6) is 0. The molecule has 5 heteroatoms. The lowest BCUT2D eigenvalue weighted by molar-refractivity contribution is 1.13. The summed E-state index contributed by atoms with van der Waals surface area (Å²) in [5.41, 5.74) is 3.49. The summed E-state index contributed by atoms with van der Waals surface area (Å²) in [4.78, 5) is 2.11. The largest absolute Gasteiger partial charge is 0.377 e. The average molecular weight is 513 g/mol. The van der Waals surface area contributed by atoms with Gasteiger partial charge in [-0.1, -0.05) is 69.8 Å². The average Bonchev–Trinajstić information content (AvgIpc) is 2.29. The van der Waals surface area contributed by atoms with Crippen molar-refractivity contribution in [3.63, 3.8) is 0 Å². The van der Waals surface area contributed by atoms with Crippen molar-refractivity contribution in [3.8, 4) is 11.1 Å². The van der Waals surface area contributed by atoms with E-state index >= 15 is 0 Å². The van der Waals surface area contributed by atoms with E-state index in [9.17, 15) is 0 Å². The van der Waals surface area contributed by atoms with Crippen LogP contribution in [0.2, 0.25) is 0 Å². The minimum absolute atomic E-state index is 1.06. The molecule has 0 aliphatic heterocycles. The molecule has 0 unspecified atom stereocenters. The van der Waals surface area contributed by atoms with E-state index in [4.69, 9.17) is 0 Å². The lowest BCUT2D eigenvalue weighted by atomic mass is 10.0. The molecule has 2 aromatic rings. The van der Waals surface area contributed by atoms with Crippen molar-refractivity contribution < 1.29 is 0 Å². The molecular formula is C14H11Br4N. The van der Waals surface area contributed by atoms with Crippen LogP contribution in [0.4, 0.5) is 5.69 Å². The predicted molar refractivity (Wildman–Crippen MR) is 97.0 cm³/mol. The second-order valence-corrected chi connectivity index (χ2v) is 7.84. The van der Waals surface area contributed by atoms with Crippen LogP contribution in [-0.2, 0) is 0 Å². The molecule has 0 atom stereocenters. The lowest BCUT2D eigenvalue weighted by Gasteiger charge is -2.20. The quantitative estimate of drug-likeness (QED) is 0.446. The maximum absolute atomic E-state index is 3.67. The molecule has 100 valence electrons. The van der Waals surface area contributed by atoms with Gasteiger partial charge in [0.25, 0.3) is 0 Å². The fourth-order valence-electron chi connectivity index (χ4n) is 1.87. The van der Waals surface area contributed by atoms with Gasteiger partial charge in [0.1, 0.15) is 0 Å². The Hall–Kier alpha value is 0.160. The molecule has 0 heterocycles. The summed E-state index contributed by atoms with van der Waals surface area (Å²) >= 11 is 14.3. The molecule has 0 fully saturated rings. The van der Waals surface area contributed by atoms with Gasteiger partial charge < -0.3 is 4.90 Å². The van der Waals surface area contributed by atoms with Crippen molar-refractivity contribution in [1.82, 2.24) is 0 Å². The number of hydrogen-bond acceptors (Lipinski definition) is 1. The summed E-state index contributed by atoms with van der Waals surface area (Å²) in [7, 11) is 4.09. The van der Waals surface area contributed by atoms with Crippen LogP contribution in [0.3, 0.4) is 0 Å². The van der Waals surface area contributed by atoms with Crippen LogP contribution in [0.5, 0.6) is 0 Å². The second kappa shape index (κ2) is 6.29. The molecule has 0 saturated carbocycles. The molecule has 0 aromatic heterocycles. The topological polar surface area (TPSA) is 3.24 Å². The van der Waals surface area contributed by atoms with Crippen LogP contribution in [0.15, 0.2) is 48.2 Å². The number of benzene rings is 2. The molecule has 0 amide bonds. The van der Waals surface area contributed by atoms with Gasteiger partial charge in [0.05, 0.1) is 0 Å². The van der Waals surface area contributed by atoms with E-state index in [0.717, 1.165) is 29.1 Å². The Bertz CT molecular complexity index is 623. The highest BCUT2D eigenvalue weighted by Gasteiger charge is 2.15. The van der Waals surface area contributed by atoms with E-state index in [-0.39, 0.29) is 0 Å². The SMILES string of the molecule is CN(C)c1cc(Br)cc(Br)c1-c1ccc(Br)cc1Br. The van der Waals surface area contributed by atoms with Gasteiger partial charge in [-0.05, 0) is 29.8 Å². The molecule has 0 bridgehead atoms. The first kappa shape index (κ1) is 15.5. The third-order valence-electron chi connectivity index (χ3n) is 2.72. The fourth-order valence-corrected chi connectivity index (χ4v) is 4.53. The van der Waals surface area contributed by atoms with Gasteiger partial charge in [-0.3, -0.25) is 0 Å². The molecule has 0 radical (unpaired) electrons. The van der Waals surface area contributed by atoms with Gasteiger partial charge in [0.2, 0.25) is 0 Å². The van der Waals surface area contributed by atoms with Gasteiger partial charge in [-0.2, -0.15) is 0 Å². The Morgan fingerprint density at radius 2 is 1.42 bits per heavy atom. The summed E-state index contributed by atoms with van der Waals surface area (Å²) in [6.07, 6.45) is 0. The Morgan fingerprint density at radius 1 is 0.789 bits per heavy atom. The third kappa shape index (κ3) is 3.43. The van der Waals surface area contributed by atoms with Gasteiger partial charge in [-0.25, -0.2) is 0 Å². The molecule has 0 aliphatic rings. The maximum Gasteiger partial charge on any atom is 0.0463 e. The number of halogens is 4. The van der Waals surface area contributed by atoms with Crippen molar-refractivity contribution in [2.24, 2.45) is 0 Å². The Morgan fingerprint density at radius 3 is 2.00 bits per heavy atom. The van der Waals surface area contributed by atoms with Crippen molar-refractivity contribution in [3.05, 3.63) is 48.2 Å². The van der Waals surface area contributed by atoms with E-state index in [1.54, 1.807) is 0 Å². The van der Waals surface area contributed by atoms with Crippen molar-refractivity contribution >= 4 is 69.4 Å². The highest BCUT2D eigenvalue weighted by atomic mass is 79.9. The second-order valence-electron chi connectivity index (χ2n) is 4.30. The van der Waals surface area contributed by atoms with Crippen molar-refractivity contribution in [1.29, 1.82) is 0 Å². The number of hydrogen-bond donors (Lipinski definition) is 0. The van der Waals surface area contributed by atoms with E-state index in [2.05, 4.69) is 92.9 Å². The molecular weight excluding hydrogens is 502 g/mol. The zero-order valence-corrected chi connectivity index (χ0v) is 16.7. The van der Waals surface area contributed by atoms with Crippen molar-refractivity contribution in [2.45, 2.75) is 0 Å². The van der Waals surface area contributed by atoms with Gasteiger partial charge in [0, 0.05) is 43.2 Å². The first-order valence-corrected chi connectivity index (χ1v) is 8.69. The molecule has 0 N–H and O–H groups in total. The first-order chi connectivity index (χ1) is 8.90. The van der Waals surface area contributed by atoms with E-state index in [0.29, 0.717) is 0 Å². The van der Waals surface area contributed by atoms with E-state index in [1.165, 1.54) is 5.56 Å². The minimum atomic E-state index is 1.06. The molecule has 2 aromatic carbocycles. The standard InChI is InChI=1S/C14H11Br4N/c1-19(2)13-7-9(16)6-12(18)14(13)10-4-3-8(15)5-11(10)17/h3-7H,1-2H3. The first-order valence-electron chi connectivity index (χ1n) is 5.52. The molecule has 0 spiro atoms. The van der Waals surface area contributed by atoms with Crippen LogP contribution in [0.1, 0.15) is 0 Å². The Labute approximate surface area is 146 Å². The minimum Gasteiger partial charge on any atom is -0.377 e. The Balaban J connectivity index is 2.74. The van der Waals surface area contributed by atoms with Crippen molar-refractivity contribution in [2.75, 3.05) is 19.0 Å². The number of nitrogens with zero attached hydrogens (tertiary/aromatic N) is 1. The zero-order chi connectivity index (χ0) is 14.2. The van der Waals surface area contributed by atoms with Gasteiger partial charge >= 0.3 is 0 Å². The van der Waals surface area contributed by atoms with Crippen LogP contribution in [0, 0.1) is 0 Å². The molecule has 0 aliphatic carbocycles. The van der Waals surface area contributed by atoms with Crippen LogP contribution in [0.25, 0.3) is 11.1 Å². The number of anilines is 1. The zero-order valence-electron chi connectivity index (χ0n) is 10.3. The third-order valence-corrected chi connectivity index (χ3v) is 4.95. The molecule has 19 heavy (non-hydrogen) atoms. The van der Waals surface area contributed by atoms with Gasteiger partial charge in [0.15, 0.2) is 0 Å². The summed E-state index contributed by atoms with van der Waals surface area (Å²) in [5, 5.41) is 0. The maximum atomic E-state index is 3.67. The van der Waals surface area contributed by atoms with Crippen LogP contribution < -0.4 is 4.90 Å². The van der Waals surface area contributed by atoms with E-state index in [1.807, 2.05) is 20.2 Å². The van der Waals surface area contributed by atoms with Crippen LogP contribution >= 0.6 is 63.7 Å². The fraction of sp³-hybridized carbons (Fsp3) is 0.143. The highest BCUT2D eigenvalue weighted by molar-refractivity contribution is 9.11. The normalized spacial score (nSPS) is 10.6. The number of rotatable bonds is 2. The molecule has 0 saturated heterocycles. The lowest BCUT2D eigenvalue weighted by Crippen LogP contribution is -2.10. The summed E-state index contributed by atoms with van der Waals surface area (Å²) in [6.45, 7) is 0. The Kier molecular flexibility index (Phi) is 5.15. The van der Waals surface area contributed by atoms with E-state index < -0.39 is 0 Å². The summed E-state index contributed by atoms with van der Waals surface area (Å²) in [6, 6.07) is 10.4. The molecule has 1 nitrogen and oxygen atoms in total. The molecule has 2 rings (SSSR count). The summed E-state index contributed by atoms with van der Waals surface area (Å²) < 4.78 is 4.24.